The summed E-state index contributed by atoms with van der Waals surface area (Å²) in [7, 11) is 0. The average molecular weight is 255 g/mol. The first-order chi connectivity index (χ1) is 8.45. The number of halogens is 3. The Kier molecular flexibility index (Phi) is 3.00. The SMILES string of the molecule is [N-]=[N+]=NC(=O)[C@H]1C[C@@H]1c1ccccc1C(F)(F)F. The molecule has 94 valence electrons. The van der Waals surface area contributed by atoms with Crippen molar-refractivity contribution in [2.45, 2.75) is 18.5 Å². The highest BCUT2D eigenvalue weighted by atomic mass is 19.4. The van der Waals surface area contributed by atoms with Gasteiger partial charge in [0.1, 0.15) is 0 Å². The molecule has 0 saturated heterocycles. The second-order valence-electron chi connectivity index (χ2n) is 4.06. The third-order valence-corrected chi connectivity index (χ3v) is 2.92. The van der Waals surface area contributed by atoms with Gasteiger partial charge < -0.3 is 0 Å². The third-order valence-electron chi connectivity index (χ3n) is 2.92. The molecule has 0 bridgehead atoms. The van der Waals surface area contributed by atoms with Crippen LogP contribution in [0.2, 0.25) is 0 Å². The van der Waals surface area contributed by atoms with E-state index in [0.717, 1.165) is 6.07 Å². The van der Waals surface area contributed by atoms with Crippen LogP contribution in [0.5, 0.6) is 0 Å². The molecule has 1 aromatic rings. The van der Waals surface area contributed by atoms with Gasteiger partial charge in [0.15, 0.2) is 0 Å². The summed E-state index contributed by atoms with van der Waals surface area (Å²) in [5.74, 6) is -1.82. The maximum Gasteiger partial charge on any atom is 0.416 e. The van der Waals surface area contributed by atoms with Crippen LogP contribution in [-0.4, -0.2) is 5.91 Å². The zero-order valence-corrected chi connectivity index (χ0v) is 9.05. The lowest BCUT2D eigenvalue weighted by atomic mass is 10.0. The minimum atomic E-state index is -4.44. The lowest BCUT2D eigenvalue weighted by Gasteiger charge is -2.11. The Morgan fingerprint density at radius 1 is 1.39 bits per heavy atom. The van der Waals surface area contributed by atoms with E-state index in [1.807, 2.05) is 0 Å². The lowest BCUT2D eigenvalue weighted by molar-refractivity contribution is -0.138. The van der Waals surface area contributed by atoms with E-state index in [0.29, 0.717) is 6.42 Å². The van der Waals surface area contributed by atoms with Gasteiger partial charge in [0, 0.05) is 10.8 Å². The van der Waals surface area contributed by atoms with Crippen LogP contribution in [0, 0.1) is 5.92 Å². The minimum Gasteiger partial charge on any atom is -0.292 e. The summed E-state index contributed by atoms with van der Waals surface area (Å²) in [5.41, 5.74) is 7.48. The smallest absolute Gasteiger partial charge is 0.292 e. The van der Waals surface area contributed by atoms with Crippen LogP contribution in [0.15, 0.2) is 29.4 Å². The van der Waals surface area contributed by atoms with Crippen LogP contribution in [0.1, 0.15) is 23.5 Å². The summed E-state index contributed by atoms with van der Waals surface area (Å²) >= 11 is 0. The molecule has 0 unspecified atom stereocenters. The molecule has 1 aromatic carbocycles. The topological polar surface area (TPSA) is 65.8 Å². The number of alkyl halides is 3. The number of amides is 1. The van der Waals surface area contributed by atoms with Crippen molar-refractivity contribution in [2.24, 2.45) is 11.0 Å². The summed E-state index contributed by atoms with van der Waals surface area (Å²) in [6, 6.07) is 5.15. The van der Waals surface area contributed by atoms with E-state index in [2.05, 4.69) is 10.0 Å². The van der Waals surface area contributed by atoms with Crippen molar-refractivity contribution in [1.82, 2.24) is 0 Å². The first-order valence-corrected chi connectivity index (χ1v) is 5.20. The Morgan fingerprint density at radius 2 is 2.06 bits per heavy atom. The molecule has 1 aliphatic carbocycles. The fourth-order valence-electron chi connectivity index (χ4n) is 2.01. The molecule has 1 saturated carbocycles. The quantitative estimate of drug-likeness (QED) is 0.452. The Labute approximate surface area is 100 Å². The molecule has 2 rings (SSSR count). The van der Waals surface area contributed by atoms with Crippen LogP contribution >= 0.6 is 0 Å². The first kappa shape index (κ1) is 12.4. The standard InChI is InChI=1S/C11H8F3N3O/c12-11(13,14)9-4-2-1-3-6(9)7-5-8(7)10(18)16-17-15/h1-4,7-8H,5H2/t7-,8+/m1/s1. The van der Waals surface area contributed by atoms with Crippen molar-refractivity contribution < 1.29 is 18.0 Å². The van der Waals surface area contributed by atoms with Gasteiger partial charge in [0.2, 0.25) is 5.91 Å². The maximum absolute atomic E-state index is 12.7. The Morgan fingerprint density at radius 3 is 2.67 bits per heavy atom. The molecule has 18 heavy (non-hydrogen) atoms. The van der Waals surface area contributed by atoms with Crippen molar-refractivity contribution in [3.8, 4) is 0 Å². The molecule has 1 amide bonds. The molecule has 7 heteroatoms. The highest BCUT2D eigenvalue weighted by Crippen LogP contribution is 2.51. The van der Waals surface area contributed by atoms with Crippen molar-refractivity contribution in [3.05, 3.63) is 45.8 Å². The Balaban J connectivity index is 2.27. The van der Waals surface area contributed by atoms with Crippen molar-refractivity contribution >= 4 is 5.91 Å². The predicted octanol–water partition coefficient (Wildman–Crippen LogP) is 3.65. The molecule has 1 fully saturated rings. The summed E-state index contributed by atoms with van der Waals surface area (Å²) in [4.78, 5) is 13.6. The van der Waals surface area contributed by atoms with Gasteiger partial charge in [0.25, 0.3) is 0 Å². The molecule has 2 atom stereocenters. The number of hydrogen-bond donors (Lipinski definition) is 0. The van der Waals surface area contributed by atoms with Crippen LogP contribution in [0.25, 0.3) is 10.4 Å². The number of benzene rings is 1. The molecular formula is C11H8F3N3O. The van der Waals surface area contributed by atoms with Gasteiger partial charge in [-0.05, 0) is 34.6 Å². The van der Waals surface area contributed by atoms with Crippen molar-refractivity contribution in [3.63, 3.8) is 0 Å². The zero-order chi connectivity index (χ0) is 13.3. The average Bonchev–Trinajstić information content (AvgIpc) is 3.08. The summed E-state index contributed by atoms with van der Waals surface area (Å²) in [5, 5.41) is 2.91. The zero-order valence-electron chi connectivity index (χ0n) is 9.05. The lowest BCUT2D eigenvalue weighted by Crippen LogP contribution is -2.09. The van der Waals surface area contributed by atoms with E-state index in [-0.39, 0.29) is 5.56 Å². The molecule has 0 aromatic heterocycles. The van der Waals surface area contributed by atoms with Crippen LogP contribution in [-0.2, 0) is 11.0 Å². The molecular weight excluding hydrogens is 247 g/mol. The Bertz CT molecular complexity index is 535. The molecule has 0 spiro atoms. The number of azide groups is 1. The summed E-state index contributed by atoms with van der Waals surface area (Å²) < 4.78 is 38.2. The molecule has 0 N–H and O–H groups in total. The second-order valence-corrected chi connectivity index (χ2v) is 4.06. The number of rotatable bonds is 2. The molecule has 0 aliphatic heterocycles. The fraction of sp³-hybridized carbons (Fsp3) is 0.364. The maximum atomic E-state index is 12.7. The number of carbonyl (C=O) groups is 1. The molecule has 0 radical (unpaired) electrons. The van der Waals surface area contributed by atoms with E-state index in [4.69, 9.17) is 5.53 Å². The molecule has 4 nitrogen and oxygen atoms in total. The second kappa shape index (κ2) is 4.34. The van der Waals surface area contributed by atoms with E-state index >= 15 is 0 Å². The van der Waals surface area contributed by atoms with Gasteiger partial charge >= 0.3 is 6.18 Å². The van der Waals surface area contributed by atoms with Gasteiger partial charge in [-0.2, -0.15) is 13.2 Å². The largest absolute Gasteiger partial charge is 0.416 e. The van der Waals surface area contributed by atoms with Gasteiger partial charge in [-0.3, -0.25) is 4.79 Å². The van der Waals surface area contributed by atoms with E-state index in [1.165, 1.54) is 18.2 Å². The summed E-state index contributed by atoms with van der Waals surface area (Å²) in [6.45, 7) is 0. The van der Waals surface area contributed by atoms with Crippen LogP contribution < -0.4 is 0 Å². The van der Waals surface area contributed by atoms with Crippen LogP contribution in [0.3, 0.4) is 0 Å². The van der Waals surface area contributed by atoms with Gasteiger partial charge in [-0.15, -0.1) is 0 Å². The fourth-order valence-corrected chi connectivity index (χ4v) is 2.01. The van der Waals surface area contributed by atoms with Crippen molar-refractivity contribution in [2.75, 3.05) is 0 Å². The first-order valence-electron chi connectivity index (χ1n) is 5.20. The van der Waals surface area contributed by atoms with E-state index < -0.39 is 29.5 Å². The molecule has 1 aliphatic rings. The molecule has 0 heterocycles. The van der Waals surface area contributed by atoms with E-state index in [9.17, 15) is 18.0 Å². The van der Waals surface area contributed by atoms with Gasteiger partial charge in [-0.1, -0.05) is 18.2 Å². The summed E-state index contributed by atoms with van der Waals surface area (Å²) in [6.07, 6.45) is -4.14. The monoisotopic (exact) mass is 255 g/mol. The van der Waals surface area contributed by atoms with Gasteiger partial charge in [-0.25, -0.2) is 0 Å². The Hall–Kier alpha value is -2.01. The van der Waals surface area contributed by atoms with Crippen LogP contribution in [0.4, 0.5) is 13.2 Å². The third kappa shape index (κ3) is 2.31. The number of hydrogen-bond acceptors (Lipinski definition) is 1. The van der Waals surface area contributed by atoms with E-state index in [1.54, 1.807) is 0 Å². The normalized spacial score (nSPS) is 22.2. The highest BCUT2D eigenvalue weighted by Gasteiger charge is 2.47. The minimum absolute atomic E-state index is 0.0940. The van der Waals surface area contributed by atoms with Gasteiger partial charge in [0.05, 0.1) is 5.56 Å². The van der Waals surface area contributed by atoms with Crippen molar-refractivity contribution in [1.29, 1.82) is 0 Å². The number of nitrogens with zero attached hydrogens (tertiary/aromatic N) is 3. The number of carbonyl (C=O) groups excluding carboxylic acids is 1. The predicted molar refractivity (Wildman–Crippen MR) is 56.4 cm³/mol. The highest BCUT2D eigenvalue weighted by molar-refractivity contribution is 5.83.